The molecule has 5 rings (SSSR count). The number of carbonyl (C=O) groups is 2. The molecule has 0 radical (unpaired) electrons. The van der Waals surface area contributed by atoms with E-state index in [1.54, 1.807) is 31.3 Å². The van der Waals surface area contributed by atoms with E-state index in [1.165, 1.54) is 6.20 Å². The number of H-pyrrole nitrogens is 2. The molecule has 1 atom stereocenters. The van der Waals surface area contributed by atoms with Crippen LogP contribution in [0.25, 0.3) is 33.3 Å². The number of nitrogens with one attached hydrogen (secondary N) is 4. The molecule has 32 heavy (non-hydrogen) atoms. The summed E-state index contributed by atoms with van der Waals surface area (Å²) in [6.45, 7) is 1.61. The zero-order valence-corrected chi connectivity index (χ0v) is 17.1. The third kappa shape index (κ3) is 3.79. The van der Waals surface area contributed by atoms with Gasteiger partial charge in [0.1, 0.15) is 11.7 Å². The number of aromatic amines is 2. The molecule has 2 amide bonds. The van der Waals surface area contributed by atoms with Crippen molar-refractivity contribution in [1.82, 2.24) is 30.2 Å². The molecular formula is C23H19N7O2. The van der Waals surface area contributed by atoms with Crippen LogP contribution in [0.15, 0.2) is 67.1 Å². The monoisotopic (exact) mass is 425 g/mol. The Hall–Kier alpha value is -4.53. The number of rotatable bonds is 5. The van der Waals surface area contributed by atoms with Crippen molar-refractivity contribution in [2.45, 2.75) is 13.0 Å². The first-order chi connectivity index (χ1) is 15.6. The van der Waals surface area contributed by atoms with Gasteiger partial charge in [-0.25, -0.2) is 9.97 Å². The maximum Gasteiger partial charge on any atom is 0.251 e. The van der Waals surface area contributed by atoms with Crippen LogP contribution in [0, 0.1) is 0 Å². The van der Waals surface area contributed by atoms with Gasteiger partial charge in [0.2, 0.25) is 11.9 Å². The number of hydrogen-bond donors (Lipinski definition) is 4. The van der Waals surface area contributed by atoms with Crippen molar-refractivity contribution in [3.8, 4) is 11.5 Å². The minimum atomic E-state index is -0.748. The Balaban J connectivity index is 1.35. The molecule has 9 nitrogen and oxygen atoms in total. The number of amides is 2. The summed E-state index contributed by atoms with van der Waals surface area (Å²) in [6, 6.07) is 14.3. The maximum atomic E-state index is 12.7. The second-order valence-corrected chi connectivity index (χ2v) is 7.36. The minimum absolute atomic E-state index is 0.324. The summed E-state index contributed by atoms with van der Waals surface area (Å²) >= 11 is 0. The van der Waals surface area contributed by atoms with Crippen molar-refractivity contribution in [2.24, 2.45) is 0 Å². The lowest BCUT2D eigenvalue weighted by Gasteiger charge is -2.13. The van der Waals surface area contributed by atoms with Crippen LogP contribution in [0.2, 0.25) is 0 Å². The summed E-state index contributed by atoms with van der Waals surface area (Å²) in [5.74, 6) is 0.203. The zero-order chi connectivity index (χ0) is 22.1. The summed E-state index contributed by atoms with van der Waals surface area (Å²) in [4.78, 5) is 43.9. The highest BCUT2D eigenvalue weighted by Crippen LogP contribution is 2.23. The van der Waals surface area contributed by atoms with Crippen molar-refractivity contribution in [2.75, 3.05) is 5.32 Å². The average molecular weight is 425 g/mol. The van der Waals surface area contributed by atoms with E-state index in [9.17, 15) is 9.59 Å². The van der Waals surface area contributed by atoms with Gasteiger partial charge in [0, 0.05) is 29.5 Å². The highest BCUT2D eigenvalue weighted by molar-refractivity contribution is 6.02. The van der Waals surface area contributed by atoms with Gasteiger partial charge in [-0.15, -0.1) is 0 Å². The molecule has 0 bridgehead atoms. The normalized spacial score (nSPS) is 12.0. The molecule has 0 fully saturated rings. The van der Waals surface area contributed by atoms with E-state index < -0.39 is 6.04 Å². The van der Waals surface area contributed by atoms with E-state index in [1.807, 2.05) is 36.5 Å². The zero-order valence-electron chi connectivity index (χ0n) is 17.1. The highest BCUT2D eigenvalue weighted by Gasteiger charge is 2.18. The van der Waals surface area contributed by atoms with Crippen molar-refractivity contribution in [3.05, 3.63) is 72.7 Å². The summed E-state index contributed by atoms with van der Waals surface area (Å²) < 4.78 is 0. The number of fused-ring (bicyclic) bond motifs is 2. The molecule has 4 N–H and O–H groups in total. The molecule has 2 aromatic carbocycles. The Morgan fingerprint density at radius 1 is 1.03 bits per heavy atom. The molecule has 3 aromatic heterocycles. The summed E-state index contributed by atoms with van der Waals surface area (Å²) in [5.41, 5.74) is 2.55. The number of anilines is 1. The highest BCUT2D eigenvalue weighted by atomic mass is 16.2. The molecule has 1 unspecified atom stereocenters. The molecule has 0 aliphatic rings. The number of aromatic nitrogens is 5. The third-order valence-corrected chi connectivity index (χ3v) is 5.10. The summed E-state index contributed by atoms with van der Waals surface area (Å²) in [5, 5.41) is 7.41. The van der Waals surface area contributed by atoms with E-state index in [-0.39, 0.29) is 11.8 Å². The predicted molar refractivity (Wildman–Crippen MR) is 121 cm³/mol. The van der Waals surface area contributed by atoms with Crippen molar-refractivity contribution < 1.29 is 9.59 Å². The third-order valence-electron chi connectivity index (χ3n) is 5.10. The molecule has 0 saturated carbocycles. The van der Waals surface area contributed by atoms with Gasteiger partial charge in [-0.05, 0) is 36.6 Å². The Bertz CT molecular complexity index is 1440. The van der Waals surface area contributed by atoms with Crippen LogP contribution in [-0.2, 0) is 4.79 Å². The second kappa shape index (κ2) is 7.95. The van der Waals surface area contributed by atoms with Gasteiger partial charge >= 0.3 is 0 Å². The number of benzene rings is 2. The van der Waals surface area contributed by atoms with E-state index in [0.29, 0.717) is 28.5 Å². The number of nitrogens with zero attached hydrogens (tertiary/aromatic N) is 3. The first-order valence-electron chi connectivity index (χ1n) is 10.0. The lowest BCUT2D eigenvalue weighted by Crippen LogP contribution is -2.41. The van der Waals surface area contributed by atoms with E-state index in [2.05, 4.69) is 35.6 Å². The Morgan fingerprint density at radius 3 is 2.69 bits per heavy atom. The molecular weight excluding hydrogens is 406 g/mol. The number of imidazole rings is 2. The van der Waals surface area contributed by atoms with Crippen molar-refractivity contribution in [3.63, 3.8) is 0 Å². The van der Waals surface area contributed by atoms with E-state index in [4.69, 9.17) is 0 Å². The topological polar surface area (TPSA) is 128 Å². The van der Waals surface area contributed by atoms with Crippen molar-refractivity contribution >= 4 is 39.6 Å². The van der Waals surface area contributed by atoms with Gasteiger partial charge in [-0.2, -0.15) is 0 Å². The van der Waals surface area contributed by atoms with Crippen LogP contribution in [-0.4, -0.2) is 42.8 Å². The molecule has 5 aromatic rings. The van der Waals surface area contributed by atoms with Gasteiger partial charge in [0.25, 0.3) is 5.91 Å². The summed E-state index contributed by atoms with van der Waals surface area (Å²) in [7, 11) is 0. The van der Waals surface area contributed by atoms with Gasteiger partial charge < -0.3 is 15.3 Å². The van der Waals surface area contributed by atoms with Gasteiger partial charge in [0.05, 0.1) is 11.0 Å². The van der Waals surface area contributed by atoms with Gasteiger partial charge in [-0.1, -0.05) is 24.3 Å². The molecule has 158 valence electrons. The fourth-order valence-electron chi connectivity index (χ4n) is 3.39. The summed E-state index contributed by atoms with van der Waals surface area (Å²) in [6.07, 6.45) is 4.94. The molecule has 0 saturated heterocycles. The number of hydrogen-bond acceptors (Lipinski definition) is 5. The number of carbonyl (C=O) groups excluding carboxylic acids is 2. The first kappa shape index (κ1) is 19.4. The molecule has 0 spiro atoms. The van der Waals surface area contributed by atoms with Crippen LogP contribution >= 0.6 is 0 Å². The molecule has 3 heterocycles. The van der Waals surface area contributed by atoms with Gasteiger partial charge in [-0.3, -0.25) is 19.9 Å². The van der Waals surface area contributed by atoms with E-state index >= 15 is 0 Å². The fourth-order valence-corrected chi connectivity index (χ4v) is 3.39. The Kier molecular flexibility index (Phi) is 4.83. The quantitative estimate of drug-likeness (QED) is 0.344. The fraction of sp³-hybridized carbons (Fsp3) is 0.0870. The standard InChI is InChI=1S/C23H19N7O2/c1-13(21(31)30-23-24-8-9-25-23)27-22(32)15-6-7-17-18(11-15)29-20(28-17)19-10-14-4-2-3-5-16(14)12-26-19/h2-13H,1H3,(H,27,32)(H,28,29)(H2,24,25,30,31). The van der Waals surface area contributed by atoms with Crippen LogP contribution in [0.1, 0.15) is 17.3 Å². The minimum Gasteiger partial charge on any atom is -0.341 e. The SMILES string of the molecule is CC(NC(=O)c1ccc2nc(-c3cc4ccccc4cn3)[nH]c2c1)C(=O)Nc1ncc[nH]1. The molecule has 0 aliphatic carbocycles. The molecule has 0 aliphatic heterocycles. The number of pyridine rings is 1. The van der Waals surface area contributed by atoms with Gasteiger partial charge in [0.15, 0.2) is 5.82 Å². The largest absolute Gasteiger partial charge is 0.341 e. The van der Waals surface area contributed by atoms with Crippen LogP contribution < -0.4 is 10.6 Å². The lowest BCUT2D eigenvalue weighted by molar-refractivity contribution is -0.117. The van der Waals surface area contributed by atoms with Crippen LogP contribution in [0.4, 0.5) is 5.95 Å². The Labute approximate surface area is 182 Å². The predicted octanol–water partition coefficient (Wildman–Crippen LogP) is 3.26. The lowest BCUT2D eigenvalue weighted by atomic mass is 10.1. The molecule has 9 heteroatoms. The van der Waals surface area contributed by atoms with Crippen LogP contribution in [0.5, 0.6) is 0 Å². The van der Waals surface area contributed by atoms with Crippen molar-refractivity contribution in [1.29, 1.82) is 0 Å². The maximum absolute atomic E-state index is 12.7. The van der Waals surface area contributed by atoms with Crippen LogP contribution in [0.3, 0.4) is 0 Å². The first-order valence-corrected chi connectivity index (χ1v) is 10.0. The Morgan fingerprint density at radius 2 is 1.88 bits per heavy atom. The van der Waals surface area contributed by atoms with E-state index in [0.717, 1.165) is 16.3 Å². The smallest absolute Gasteiger partial charge is 0.251 e. The second-order valence-electron chi connectivity index (χ2n) is 7.36. The average Bonchev–Trinajstić information content (AvgIpc) is 3.47.